The lowest BCUT2D eigenvalue weighted by Gasteiger charge is -2.15. The first-order chi connectivity index (χ1) is 24.6. The highest BCUT2D eigenvalue weighted by atomic mass is 16.6. The molecule has 0 amide bonds. The zero-order chi connectivity index (χ0) is 36.4. The molecule has 0 aromatic heterocycles. The van der Waals surface area contributed by atoms with Gasteiger partial charge in [0.15, 0.2) is 6.10 Å². The Morgan fingerprint density at radius 1 is 0.440 bits per heavy atom. The number of unbranched alkanes of at least 4 members (excludes halogenated alkanes) is 28. The Balaban J connectivity index is 3.50. The predicted molar refractivity (Wildman–Crippen MR) is 215 cm³/mol. The molecule has 0 fully saturated rings. The van der Waals surface area contributed by atoms with Gasteiger partial charge >= 0.3 is 11.9 Å². The number of aliphatic hydroxyl groups excluding tert-OH is 1. The van der Waals surface area contributed by atoms with E-state index in [1.165, 1.54) is 167 Å². The second-order valence-electron chi connectivity index (χ2n) is 14.8. The van der Waals surface area contributed by atoms with Crippen LogP contribution in [0.5, 0.6) is 0 Å². The molecule has 0 aromatic carbocycles. The largest absolute Gasteiger partial charge is 0.462 e. The van der Waals surface area contributed by atoms with Crippen LogP contribution in [0.3, 0.4) is 0 Å². The van der Waals surface area contributed by atoms with Crippen LogP contribution in [0.1, 0.15) is 232 Å². The first-order valence-electron chi connectivity index (χ1n) is 21.9. The summed E-state index contributed by atoms with van der Waals surface area (Å²) < 4.78 is 10.6. The summed E-state index contributed by atoms with van der Waals surface area (Å²) in [5.74, 6) is -0.588. The summed E-state index contributed by atoms with van der Waals surface area (Å²) in [7, 11) is 0. The highest BCUT2D eigenvalue weighted by molar-refractivity contribution is 5.70. The zero-order valence-corrected chi connectivity index (χ0v) is 33.4. The smallest absolute Gasteiger partial charge is 0.306 e. The molecule has 0 radical (unpaired) electrons. The molecule has 0 aliphatic rings. The first-order valence-corrected chi connectivity index (χ1v) is 21.9. The van der Waals surface area contributed by atoms with Gasteiger partial charge in [0.05, 0.1) is 6.61 Å². The maximum atomic E-state index is 12.2. The van der Waals surface area contributed by atoms with Gasteiger partial charge in [-0.2, -0.15) is 0 Å². The summed E-state index contributed by atoms with van der Waals surface area (Å²) in [6.07, 6.45) is 49.6. The van der Waals surface area contributed by atoms with E-state index >= 15 is 0 Å². The summed E-state index contributed by atoms with van der Waals surface area (Å²) in [5, 5.41) is 9.58. The van der Waals surface area contributed by atoms with Crippen LogP contribution in [0.25, 0.3) is 0 Å². The van der Waals surface area contributed by atoms with Gasteiger partial charge in [-0.25, -0.2) is 0 Å². The van der Waals surface area contributed by atoms with Gasteiger partial charge in [0, 0.05) is 12.8 Å². The first kappa shape index (κ1) is 48.4. The number of allylic oxidation sites excluding steroid dienone is 4. The van der Waals surface area contributed by atoms with Crippen LogP contribution in [-0.2, 0) is 19.1 Å². The van der Waals surface area contributed by atoms with Crippen molar-refractivity contribution in [2.24, 2.45) is 0 Å². The fraction of sp³-hybridized carbons (Fsp3) is 0.867. The monoisotopic (exact) mass is 705 g/mol. The quantitative estimate of drug-likeness (QED) is 0.0390. The van der Waals surface area contributed by atoms with E-state index in [9.17, 15) is 14.7 Å². The van der Waals surface area contributed by atoms with E-state index in [4.69, 9.17) is 9.47 Å². The number of carbonyl (C=O) groups excluding carboxylic acids is 2. The molecule has 1 atom stereocenters. The number of ether oxygens (including phenoxy) is 2. The molecule has 294 valence electrons. The average molecular weight is 705 g/mol. The van der Waals surface area contributed by atoms with Gasteiger partial charge in [0.25, 0.3) is 0 Å². The molecule has 0 saturated heterocycles. The lowest BCUT2D eigenvalue weighted by atomic mass is 10.0. The second kappa shape index (κ2) is 41.8. The van der Waals surface area contributed by atoms with Crippen molar-refractivity contribution in [2.75, 3.05) is 13.2 Å². The molecule has 0 aliphatic carbocycles. The summed E-state index contributed by atoms with van der Waals surface area (Å²) in [4.78, 5) is 24.3. The molecule has 0 bridgehead atoms. The van der Waals surface area contributed by atoms with Crippen LogP contribution in [0.15, 0.2) is 24.3 Å². The Morgan fingerprint density at radius 2 is 0.740 bits per heavy atom. The topological polar surface area (TPSA) is 72.8 Å². The highest BCUT2D eigenvalue weighted by Crippen LogP contribution is 2.15. The van der Waals surface area contributed by atoms with Crippen molar-refractivity contribution in [3.05, 3.63) is 24.3 Å². The average Bonchev–Trinajstić information content (AvgIpc) is 3.12. The minimum Gasteiger partial charge on any atom is -0.462 e. The van der Waals surface area contributed by atoms with Crippen molar-refractivity contribution in [3.8, 4) is 0 Å². The molecule has 0 saturated carbocycles. The van der Waals surface area contributed by atoms with Gasteiger partial charge in [0.1, 0.15) is 6.61 Å². The van der Waals surface area contributed by atoms with Crippen molar-refractivity contribution < 1.29 is 24.2 Å². The molecule has 0 spiro atoms. The number of rotatable bonds is 40. The van der Waals surface area contributed by atoms with E-state index in [0.717, 1.165) is 38.5 Å². The van der Waals surface area contributed by atoms with Gasteiger partial charge in [-0.05, 0) is 64.2 Å². The van der Waals surface area contributed by atoms with Crippen LogP contribution in [-0.4, -0.2) is 36.4 Å². The maximum Gasteiger partial charge on any atom is 0.306 e. The Labute approximate surface area is 311 Å². The maximum absolute atomic E-state index is 12.2. The van der Waals surface area contributed by atoms with Crippen LogP contribution in [0.2, 0.25) is 0 Å². The minimum atomic E-state index is -0.770. The van der Waals surface area contributed by atoms with Crippen molar-refractivity contribution in [1.29, 1.82) is 0 Å². The number of aliphatic hydroxyl groups is 1. The van der Waals surface area contributed by atoms with E-state index in [0.29, 0.717) is 12.8 Å². The molecule has 50 heavy (non-hydrogen) atoms. The normalized spacial score (nSPS) is 12.3. The van der Waals surface area contributed by atoms with Gasteiger partial charge in [-0.3, -0.25) is 9.59 Å². The van der Waals surface area contributed by atoms with Crippen LogP contribution in [0.4, 0.5) is 0 Å². The number of hydrogen-bond donors (Lipinski definition) is 1. The Hall–Kier alpha value is -1.62. The Morgan fingerprint density at radius 3 is 1.10 bits per heavy atom. The zero-order valence-electron chi connectivity index (χ0n) is 33.4. The van der Waals surface area contributed by atoms with Crippen molar-refractivity contribution in [1.82, 2.24) is 0 Å². The predicted octanol–water partition coefficient (Wildman–Crippen LogP) is 13.8. The molecule has 1 N–H and O–H groups in total. The molecule has 0 aliphatic heterocycles. The van der Waals surface area contributed by atoms with Gasteiger partial charge in [0.2, 0.25) is 0 Å². The van der Waals surface area contributed by atoms with Crippen LogP contribution < -0.4 is 0 Å². The fourth-order valence-corrected chi connectivity index (χ4v) is 6.37. The lowest BCUT2D eigenvalue weighted by Crippen LogP contribution is -2.28. The molecular formula is C45H84O5. The minimum absolute atomic E-state index is 0.0649. The molecule has 5 heteroatoms. The van der Waals surface area contributed by atoms with E-state index in [1.54, 1.807) is 0 Å². The third kappa shape index (κ3) is 39.2. The van der Waals surface area contributed by atoms with E-state index in [2.05, 4.69) is 38.2 Å². The van der Waals surface area contributed by atoms with Crippen LogP contribution >= 0.6 is 0 Å². The summed E-state index contributed by atoms with van der Waals surface area (Å²) in [6, 6.07) is 0. The summed E-state index contributed by atoms with van der Waals surface area (Å²) >= 11 is 0. The third-order valence-corrected chi connectivity index (χ3v) is 9.72. The fourth-order valence-electron chi connectivity index (χ4n) is 6.37. The van der Waals surface area contributed by atoms with Crippen molar-refractivity contribution >= 4 is 11.9 Å². The van der Waals surface area contributed by atoms with Gasteiger partial charge < -0.3 is 14.6 Å². The molecule has 0 rings (SSSR count). The molecule has 0 aromatic rings. The van der Waals surface area contributed by atoms with Gasteiger partial charge in [-0.15, -0.1) is 0 Å². The standard InChI is InChI=1S/C45H84O5/c1-3-5-7-9-11-13-15-17-19-20-21-22-23-24-26-28-30-32-34-36-38-40-45(48)50-43(41-46)42-49-44(47)39-37-35-33-31-29-27-25-18-16-14-12-10-8-6-4-2/h14,16-17,19,43,46H,3-13,15,18,20-42H2,1-2H3. The highest BCUT2D eigenvalue weighted by Gasteiger charge is 2.16. The molecular weight excluding hydrogens is 620 g/mol. The third-order valence-electron chi connectivity index (χ3n) is 9.72. The molecule has 1 unspecified atom stereocenters. The second-order valence-corrected chi connectivity index (χ2v) is 14.8. The lowest BCUT2D eigenvalue weighted by molar-refractivity contribution is -0.161. The molecule has 5 nitrogen and oxygen atoms in total. The number of carbonyl (C=O) groups is 2. The Kier molecular flexibility index (Phi) is 40.4. The van der Waals surface area contributed by atoms with E-state index in [-0.39, 0.29) is 25.2 Å². The molecule has 0 heterocycles. The van der Waals surface area contributed by atoms with Gasteiger partial charge in [-0.1, -0.05) is 179 Å². The van der Waals surface area contributed by atoms with E-state index < -0.39 is 6.10 Å². The van der Waals surface area contributed by atoms with E-state index in [1.807, 2.05) is 0 Å². The number of hydrogen-bond acceptors (Lipinski definition) is 5. The van der Waals surface area contributed by atoms with Crippen molar-refractivity contribution in [3.63, 3.8) is 0 Å². The van der Waals surface area contributed by atoms with Crippen LogP contribution in [0, 0.1) is 0 Å². The number of esters is 2. The summed E-state index contributed by atoms with van der Waals surface area (Å²) in [5.41, 5.74) is 0. The Bertz CT molecular complexity index is 761. The summed E-state index contributed by atoms with van der Waals surface area (Å²) in [6.45, 7) is 4.14. The SMILES string of the molecule is CCCCCCC=CCCCCCCCCCC(=O)OCC(CO)OC(=O)CCCCCCCCCCCCCC=CCCCCCCCC. The van der Waals surface area contributed by atoms with Crippen molar-refractivity contribution in [2.45, 2.75) is 238 Å².